The van der Waals surface area contributed by atoms with E-state index >= 15 is 0 Å². The normalized spacial score (nSPS) is 10.4. The van der Waals surface area contributed by atoms with Gasteiger partial charge in [0, 0.05) is 23.9 Å². The maximum Gasteiger partial charge on any atom is 0.279 e. The lowest BCUT2D eigenvalue weighted by Gasteiger charge is -2.12. The van der Waals surface area contributed by atoms with Crippen molar-refractivity contribution in [1.82, 2.24) is 9.97 Å². The van der Waals surface area contributed by atoms with E-state index < -0.39 is 5.91 Å². The van der Waals surface area contributed by atoms with Crippen LogP contribution < -0.4 is 19.5 Å². The van der Waals surface area contributed by atoms with Gasteiger partial charge in [-0.15, -0.1) is 0 Å². The molecule has 0 fully saturated rings. The Balaban J connectivity index is 1.97. The molecular formula is C19H19N3O4. The Morgan fingerprint density at radius 2 is 1.62 bits per heavy atom. The van der Waals surface area contributed by atoms with Crippen molar-refractivity contribution in [3.05, 3.63) is 48.2 Å². The van der Waals surface area contributed by atoms with Gasteiger partial charge in [-0.25, -0.2) is 9.97 Å². The van der Waals surface area contributed by atoms with Gasteiger partial charge < -0.3 is 19.5 Å². The summed E-state index contributed by atoms with van der Waals surface area (Å²) in [6.07, 6.45) is 0. The number of nitrogens with zero attached hydrogens (tertiary/aromatic N) is 2. The molecule has 0 saturated heterocycles. The molecule has 1 aromatic heterocycles. The molecule has 0 unspecified atom stereocenters. The molecule has 7 heteroatoms. The smallest absolute Gasteiger partial charge is 0.279 e. The SMILES string of the molecule is CCOc1nc2ccccc2nc1C(=O)Nc1cc(OC)cc(OC)c1. The summed E-state index contributed by atoms with van der Waals surface area (Å²) in [5.41, 5.74) is 1.91. The molecule has 0 saturated carbocycles. The van der Waals surface area contributed by atoms with Crippen molar-refractivity contribution < 1.29 is 19.0 Å². The van der Waals surface area contributed by atoms with Crippen LogP contribution in [0, 0.1) is 0 Å². The molecule has 1 amide bonds. The molecule has 134 valence electrons. The summed E-state index contributed by atoms with van der Waals surface area (Å²) in [7, 11) is 3.09. The number of carbonyl (C=O) groups excluding carboxylic acids is 1. The highest BCUT2D eigenvalue weighted by molar-refractivity contribution is 6.05. The fraction of sp³-hybridized carbons (Fsp3) is 0.211. The lowest BCUT2D eigenvalue weighted by Crippen LogP contribution is -2.16. The predicted octanol–water partition coefficient (Wildman–Crippen LogP) is 3.30. The van der Waals surface area contributed by atoms with E-state index in [9.17, 15) is 4.79 Å². The molecular weight excluding hydrogens is 334 g/mol. The molecule has 7 nitrogen and oxygen atoms in total. The molecule has 0 spiro atoms. The third kappa shape index (κ3) is 3.66. The maximum absolute atomic E-state index is 12.8. The Hall–Kier alpha value is -3.35. The summed E-state index contributed by atoms with van der Waals surface area (Å²) in [6.45, 7) is 2.20. The zero-order chi connectivity index (χ0) is 18.5. The van der Waals surface area contributed by atoms with E-state index in [2.05, 4.69) is 15.3 Å². The number of fused-ring (bicyclic) bond motifs is 1. The first-order valence-corrected chi connectivity index (χ1v) is 8.08. The van der Waals surface area contributed by atoms with E-state index in [4.69, 9.17) is 14.2 Å². The molecule has 0 radical (unpaired) electrons. The Kier molecular flexibility index (Phi) is 5.17. The standard InChI is InChI=1S/C19H19N3O4/c1-4-26-19-17(21-15-7-5-6-8-16(15)22-19)18(23)20-12-9-13(24-2)11-14(10-12)25-3/h5-11H,4H2,1-3H3,(H,20,23). The number of rotatable bonds is 6. The third-order valence-electron chi connectivity index (χ3n) is 3.64. The highest BCUT2D eigenvalue weighted by Crippen LogP contribution is 2.27. The Morgan fingerprint density at radius 1 is 1.00 bits per heavy atom. The van der Waals surface area contributed by atoms with Crippen molar-refractivity contribution in [2.24, 2.45) is 0 Å². The van der Waals surface area contributed by atoms with Gasteiger partial charge in [0.1, 0.15) is 11.5 Å². The van der Waals surface area contributed by atoms with E-state index in [0.717, 1.165) is 0 Å². The van der Waals surface area contributed by atoms with Crippen LogP contribution in [0.5, 0.6) is 17.4 Å². The summed E-state index contributed by atoms with van der Waals surface area (Å²) in [6, 6.07) is 12.4. The Morgan fingerprint density at radius 3 is 2.19 bits per heavy atom. The number of ether oxygens (including phenoxy) is 3. The fourth-order valence-electron chi connectivity index (χ4n) is 2.44. The van der Waals surface area contributed by atoms with E-state index in [0.29, 0.717) is 34.8 Å². The predicted molar refractivity (Wildman–Crippen MR) is 98.2 cm³/mol. The van der Waals surface area contributed by atoms with Gasteiger partial charge in [0.05, 0.1) is 31.9 Å². The van der Waals surface area contributed by atoms with Gasteiger partial charge >= 0.3 is 0 Å². The van der Waals surface area contributed by atoms with E-state index in [1.165, 1.54) is 0 Å². The summed E-state index contributed by atoms with van der Waals surface area (Å²) in [5, 5.41) is 2.79. The number of hydrogen-bond acceptors (Lipinski definition) is 6. The second-order valence-electron chi connectivity index (χ2n) is 5.35. The Bertz CT molecular complexity index is 921. The molecule has 3 aromatic rings. The minimum Gasteiger partial charge on any atom is -0.497 e. The average molecular weight is 353 g/mol. The van der Waals surface area contributed by atoms with Crippen molar-refractivity contribution in [1.29, 1.82) is 0 Å². The van der Waals surface area contributed by atoms with Crippen molar-refractivity contribution in [2.45, 2.75) is 6.92 Å². The summed E-state index contributed by atoms with van der Waals surface area (Å²) in [5.74, 6) is 0.893. The highest BCUT2D eigenvalue weighted by Gasteiger charge is 2.18. The average Bonchev–Trinajstić information content (AvgIpc) is 2.67. The number of nitrogens with one attached hydrogen (secondary N) is 1. The topological polar surface area (TPSA) is 82.6 Å². The molecule has 2 aromatic carbocycles. The number of anilines is 1. The first-order chi connectivity index (χ1) is 12.6. The summed E-state index contributed by atoms with van der Waals surface area (Å²) < 4.78 is 16.0. The highest BCUT2D eigenvalue weighted by atomic mass is 16.5. The van der Waals surface area contributed by atoms with Gasteiger partial charge in [0.25, 0.3) is 5.91 Å². The number of amides is 1. The number of hydrogen-bond donors (Lipinski definition) is 1. The van der Waals surface area contributed by atoms with Crippen LogP contribution in [-0.2, 0) is 0 Å². The monoisotopic (exact) mass is 353 g/mol. The number of benzene rings is 2. The van der Waals surface area contributed by atoms with Crippen LogP contribution in [0.3, 0.4) is 0 Å². The van der Waals surface area contributed by atoms with Crippen molar-refractivity contribution in [3.63, 3.8) is 0 Å². The van der Waals surface area contributed by atoms with Gasteiger partial charge in [-0.1, -0.05) is 12.1 Å². The zero-order valence-corrected chi connectivity index (χ0v) is 14.8. The second kappa shape index (κ2) is 7.69. The Labute approximate surface area is 150 Å². The van der Waals surface area contributed by atoms with Crippen LogP contribution in [-0.4, -0.2) is 36.7 Å². The maximum atomic E-state index is 12.8. The minimum absolute atomic E-state index is 0.118. The van der Waals surface area contributed by atoms with Crippen LogP contribution >= 0.6 is 0 Å². The summed E-state index contributed by atoms with van der Waals surface area (Å²) in [4.78, 5) is 21.6. The van der Waals surface area contributed by atoms with E-state index in [1.54, 1.807) is 38.5 Å². The van der Waals surface area contributed by atoms with E-state index in [-0.39, 0.29) is 11.6 Å². The molecule has 0 atom stereocenters. The zero-order valence-electron chi connectivity index (χ0n) is 14.8. The molecule has 0 aliphatic rings. The second-order valence-corrected chi connectivity index (χ2v) is 5.35. The van der Waals surface area contributed by atoms with Crippen molar-refractivity contribution in [2.75, 3.05) is 26.1 Å². The number of methoxy groups -OCH3 is 2. The fourth-order valence-corrected chi connectivity index (χ4v) is 2.44. The van der Waals surface area contributed by atoms with Crippen LogP contribution in [0.1, 0.15) is 17.4 Å². The van der Waals surface area contributed by atoms with Crippen LogP contribution in [0.15, 0.2) is 42.5 Å². The molecule has 0 aliphatic carbocycles. The molecule has 3 rings (SSSR count). The third-order valence-corrected chi connectivity index (χ3v) is 3.64. The molecule has 1 heterocycles. The van der Waals surface area contributed by atoms with Gasteiger partial charge in [-0.3, -0.25) is 4.79 Å². The minimum atomic E-state index is -0.429. The molecule has 0 bridgehead atoms. The quantitative estimate of drug-likeness (QED) is 0.732. The number of para-hydroxylation sites is 2. The molecule has 26 heavy (non-hydrogen) atoms. The van der Waals surface area contributed by atoms with Gasteiger partial charge in [0.15, 0.2) is 5.69 Å². The number of aromatic nitrogens is 2. The first-order valence-electron chi connectivity index (χ1n) is 8.08. The number of carbonyl (C=O) groups is 1. The molecule has 0 aliphatic heterocycles. The molecule has 1 N–H and O–H groups in total. The lowest BCUT2D eigenvalue weighted by molar-refractivity contribution is 0.101. The lowest BCUT2D eigenvalue weighted by atomic mass is 10.2. The van der Waals surface area contributed by atoms with Crippen LogP contribution in [0.2, 0.25) is 0 Å². The van der Waals surface area contributed by atoms with Crippen molar-refractivity contribution in [3.8, 4) is 17.4 Å². The van der Waals surface area contributed by atoms with E-state index in [1.807, 2.05) is 25.1 Å². The first kappa shape index (κ1) is 17.5. The van der Waals surface area contributed by atoms with Gasteiger partial charge in [-0.2, -0.15) is 0 Å². The summed E-state index contributed by atoms with van der Waals surface area (Å²) >= 11 is 0. The van der Waals surface area contributed by atoms with Crippen LogP contribution in [0.25, 0.3) is 11.0 Å². The van der Waals surface area contributed by atoms with Gasteiger partial charge in [0.2, 0.25) is 5.88 Å². The largest absolute Gasteiger partial charge is 0.497 e. The van der Waals surface area contributed by atoms with Gasteiger partial charge in [-0.05, 0) is 19.1 Å². The van der Waals surface area contributed by atoms with Crippen molar-refractivity contribution >= 4 is 22.6 Å². The van der Waals surface area contributed by atoms with Crippen LogP contribution in [0.4, 0.5) is 5.69 Å².